The molecule has 26 heavy (non-hydrogen) atoms. The van der Waals surface area contributed by atoms with Crippen LogP contribution in [-0.2, 0) is 11.2 Å². The zero-order valence-electron chi connectivity index (χ0n) is 15.5. The lowest BCUT2D eigenvalue weighted by molar-refractivity contribution is 0.0783. The first-order chi connectivity index (χ1) is 12.3. The molecule has 0 bridgehead atoms. The van der Waals surface area contributed by atoms with Gasteiger partial charge in [-0.15, -0.1) is 24.0 Å². The Balaban J connectivity index is 0.00000243. The van der Waals surface area contributed by atoms with Crippen molar-refractivity contribution in [3.63, 3.8) is 0 Å². The molecule has 7 heteroatoms. The maximum absolute atomic E-state index is 5.51. The van der Waals surface area contributed by atoms with Gasteiger partial charge in [0.2, 0.25) is 0 Å². The second-order valence-corrected chi connectivity index (χ2v) is 7.74. The Hall–Kier alpha value is -0.930. The summed E-state index contributed by atoms with van der Waals surface area (Å²) in [7, 11) is 1.83. The minimum atomic E-state index is 0. The average Bonchev–Trinajstić information content (AvgIpc) is 3.08. The molecule has 0 saturated carbocycles. The molecule has 1 aromatic heterocycles. The predicted octanol–water partition coefficient (Wildman–Crippen LogP) is 3.41. The number of halogens is 1. The highest BCUT2D eigenvalue weighted by atomic mass is 127. The summed E-state index contributed by atoms with van der Waals surface area (Å²) in [5.41, 5.74) is 2.53. The average molecular weight is 488 g/mol. The van der Waals surface area contributed by atoms with Gasteiger partial charge in [0.25, 0.3) is 0 Å². The first-order valence-corrected chi connectivity index (χ1v) is 10.1. The number of hydrogen-bond donors (Lipinski definition) is 3. The topological polar surface area (TPSA) is 61.4 Å². The monoisotopic (exact) mass is 488 g/mol. The summed E-state index contributed by atoms with van der Waals surface area (Å²) in [6.07, 6.45) is 7.45. The van der Waals surface area contributed by atoms with Crippen LogP contribution in [0.5, 0.6) is 0 Å². The number of para-hydroxylation sites is 1. The largest absolute Gasteiger partial charge is 0.381 e. The Morgan fingerprint density at radius 2 is 2.04 bits per heavy atom. The Kier molecular flexibility index (Phi) is 8.56. The molecular weight excluding hydrogens is 459 g/mol. The molecule has 1 aliphatic rings. The summed E-state index contributed by atoms with van der Waals surface area (Å²) in [5, 5.41) is 8.24. The van der Waals surface area contributed by atoms with E-state index in [2.05, 4.69) is 57.3 Å². The zero-order valence-corrected chi connectivity index (χ0v) is 18.7. The third kappa shape index (κ3) is 5.29. The van der Waals surface area contributed by atoms with Crippen LogP contribution in [0.2, 0.25) is 0 Å². The van der Waals surface area contributed by atoms with E-state index in [0.717, 1.165) is 51.5 Å². The van der Waals surface area contributed by atoms with Crippen LogP contribution in [-0.4, -0.2) is 55.3 Å². The lowest BCUT2D eigenvalue weighted by Gasteiger charge is -2.36. The number of hydrogen-bond acceptors (Lipinski definition) is 3. The van der Waals surface area contributed by atoms with Gasteiger partial charge in [-0.3, -0.25) is 4.99 Å². The minimum absolute atomic E-state index is 0. The number of nitrogens with one attached hydrogen (secondary N) is 3. The number of benzene rings is 1. The van der Waals surface area contributed by atoms with E-state index >= 15 is 0 Å². The first-order valence-electron chi connectivity index (χ1n) is 8.89. The third-order valence-corrected chi connectivity index (χ3v) is 6.42. The second kappa shape index (κ2) is 10.4. The van der Waals surface area contributed by atoms with Crippen LogP contribution in [0.25, 0.3) is 10.9 Å². The van der Waals surface area contributed by atoms with Gasteiger partial charge in [-0.25, -0.2) is 0 Å². The van der Waals surface area contributed by atoms with Crippen molar-refractivity contribution in [1.29, 1.82) is 0 Å². The number of rotatable bonds is 6. The standard InChI is InChI=1S/C19H28N4OS.HI/c1-20-18(23-14-19(25-2)8-11-24-12-9-19)21-10-7-15-13-22-17-6-4-3-5-16(15)17;/h3-6,13,22H,7-12,14H2,1-2H3,(H2,20,21,23);1H. The fourth-order valence-corrected chi connectivity index (χ4v) is 4.11. The van der Waals surface area contributed by atoms with Gasteiger partial charge in [0, 0.05) is 55.2 Å². The maximum Gasteiger partial charge on any atom is 0.191 e. The van der Waals surface area contributed by atoms with Gasteiger partial charge in [0.05, 0.1) is 0 Å². The minimum Gasteiger partial charge on any atom is -0.381 e. The predicted molar refractivity (Wildman–Crippen MR) is 123 cm³/mol. The van der Waals surface area contributed by atoms with E-state index in [1.807, 2.05) is 18.8 Å². The van der Waals surface area contributed by atoms with Crippen molar-refractivity contribution in [3.8, 4) is 0 Å². The Morgan fingerprint density at radius 1 is 1.27 bits per heavy atom. The van der Waals surface area contributed by atoms with Crippen molar-refractivity contribution in [2.75, 3.05) is 39.6 Å². The molecule has 0 spiro atoms. The molecule has 0 amide bonds. The Bertz CT molecular complexity index is 712. The molecule has 1 aliphatic heterocycles. The molecular formula is C19H29IN4OS. The highest BCUT2D eigenvalue weighted by Crippen LogP contribution is 2.32. The molecule has 1 aromatic carbocycles. The summed E-state index contributed by atoms with van der Waals surface area (Å²) in [4.78, 5) is 7.70. The summed E-state index contributed by atoms with van der Waals surface area (Å²) >= 11 is 1.94. The van der Waals surface area contributed by atoms with Crippen LogP contribution >= 0.6 is 35.7 Å². The lowest BCUT2D eigenvalue weighted by Crippen LogP contribution is -2.48. The summed E-state index contributed by atoms with van der Waals surface area (Å²) in [6, 6.07) is 8.43. The zero-order chi connectivity index (χ0) is 17.5. The van der Waals surface area contributed by atoms with E-state index in [9.17, 15) is 0 Å². The number of aromatic amines is 1. The van der Waals surface area contributed by atoms with Crippen molar-refractivity contribution in [3.05, 3.63) is 36.0 Å². The molecule has 1 saturated heterocycles. The second-order valence-electron chi connectivity index (χ2n) is 6.46. The smallest absolute Gasteiger partial charge is 0.191 e. The number of ether oxygens (including phenoxy) is 1. The number of aromatic nitrogens is 1. The molecule has 0 radical (unpaired) electrons. The van der Waals surface area contributed by atoms with Crippen LogP contribution in [0.15, 0.2) is 35.5 Å². The fraction of sp³-hybridized carbons (Fsp3) is 0.526. The quantitative estimate of drug-likeness (QED) is 0.332. The van der Waals surface area contributed by atoms with Crippen LogP contribution < -0.4 is 10.6 Å². The van der Waals surface area contributed by atoms with E-state index in [0.29, 0.717) is 0 Å². The highest BCUT2D eigenvalue weighted by molar-refractivity contribution is 14.0. The van der Waals surface area contributed by atoms with E-state index < -0.39 is 0 Å². The molecule has 0 aliphatic carbocycles. The summed E-state index contributed by atoms with van der Waals surface area (Å²) < 4.78 is 5.77. The molecule has 3 rings (SSSR count). The Morgan fingerprint density at radius 3 is 2.77 bits per heavy atom. The third-order valence-electron chi connectivity index (χ3n) is 5.00. The number of H-pyrrole nitrogens is 1. The van der Waals surface area contributed by atoms with Crippen LogP contribution in [0.1, 0.15) is 18.4 Å². The molecule has 1 fully saturated rings. The van der Waals surface area contributed by atoms with Crippen molar-refractivity contribution < 1.29 is 4.74 Å². The van der Waals surface area contributed by atoms with E-state index in [-0.39, 0.29) is 28.7 Å². The SMILES string of the molecule is CN=C(NCCc1c[nH]c2ccccc12)NCC1(SC)CCOCC1.I. The van der Waals surface area contributed by atoms with Crippen molar-refractivity contribution in [1.82, 2.24) is 15.6 Å². The molecule has 2 heterocycles. The first kappa shape index (κ1) is 21.4. The molecule has 0 unspecified atom stereocenters. The number of nitrogens with zero attached hydrogens (tertiary/aromatic N) is 1. The Labute approximate surface area is 177 Å². The number of fused-ring (bicyclic) bond motifs is 1. The van der Waals surface area contributed by atoms with E-state index in [4.69, 9.17) is 4.74 Å². The van der Waals surface area contributed by atoms with Crippen molar-refractivity contribution >= 4 is 52.6 Å². The van der Waals surface area contributed by atoms with E-state index in [1.165, 1.54) is 16.5 Å². The molecule has 5 nitrogen and oxygen atoms in total. The molecule has 144 valence electrons. The number of aliphatic imine (C=N–C) groups is 1. The molecule has 0 atom stereocenters. The number of thioether (sulfide) groups is 1. The van der Waals surface area contributed by atoms with Gasteiger partial charge in [-0.1, -0.05) is 18.2 Å². The summed E-state index contributed by atoms with van der Waals surface area (Å²) in [5.74, 6) is 0.875. The lowest BCUT2D eigenvalue weighted by atomic mass is 9.99. The molecule has 2 aromatic rings. The van der Waals surface area contributed by atoms with E-state index in [1.54, 1.807) is 0 Å². The van der Waals surface area contributed by atoms with Gasteiger partial charge in [-0.05, 0) is 37.1 Å². The fourth-order valence-electron chi connectivity index (χ4n) is 3.32. The highest BCUT2D eigenvalue weighted by Gasteiger charge is 2.31. The van der Waals surface area contributed by atoms with Gasteiger partial charge in [0.1, 0.15) is 0 Å². The van der Waals surface area contributed by atoms with Gasteiger partial charge in [0.15, 0.2) is 5.96 Å². The van der Waals surface area contributed by atoms with Crippen molar-refractivity contribution in [2.24, 2.45) is 4.99 Å². The van der Waals surface area contributed by atoms with Crippen LogP contribution in [0.4, 0.5) is 0 Å². The normalized spacial score (nSPS) is 16.9. The molecule has 3 N–H and O–H groups in total. The van der Waals surface area contributed by atoms with Crippen molar-refractivity contribution in [2.45, 2.75) is 24.0 Å². The number of guanidine groups is 1. The van der Waals surface area contributed by atoms with Crippen LogP contribution in [0, 0.1) is 0 Å². The van der Waals surface area contributed by atoms with Gasteiger partial charge < -0.3 is 20.4 Å². The van der Waals surface area contributed by atoms with Gasteiger partial charge in [-0.2, -0.15) is 11.8 Å². The van der Waals surface area contributed by atoms with Gasteiger partial charge >= 0.3 is 0 Å². The summed E-state index contributed by atoms with van der Waals surface area (Å²) in [6.45, 7) is 3.49. The maximum atomic E-state index is 5.51. The van der Waals surface area contributed by atoms with Crippen LogP contribution in [0.3, 0.4) is 0 Å².